The molecule has 0 aliphatic rings. The first-order chi connectivity index (χ1) is 9.26. The van der Waals surface area contributed by atoms with Crippen LogP contribution >= 0.6 is 0 Å². The predicted octanol–water partition coefficient (Wildman–Crippen LogP) is 2.81. The highest BCUT2D eigenvalue weighted by Crippen LogP contribution is 2.36. The minimum atomic E-state index is 0.660. The van der Waals surface area contributed by atoms with E-state index in [0.29, 0.717) is 23.9 Å². The Kier molecular flexibility index (Phi) is 7.11. The zero-order valence-corrected chi connectivity index (χ0v) is 12.4. The molecule has 0 saturated heterocycles. The second-order valence-corrected chi connectivity index (χ2v) is 4.22. The number of ether oxygens (including phenoxy) is 3. The molecule has 19 heavy (non-hydrogen) atoms. The van der Waals surface area contributed by atoms with Gasteiger partial charge in [-0.25, -0.2) is 0 Å². The Morgan fingerprint density at radius 2 is 1.58 bits per heavy atom. The van der Waals surface area contributed by atoms with Gasteiger partial charge in [-0.15, -0.1) is 0 Å². The Labute approximate surface area is 116 Å². The van der Waals surface area contributed by atoms with Crippen LogP contribution in [0.5, 0.6) is 17.2 Å². The van der Waals surface area contributed by atoms with Crippen LogP contribution < -0.4 is 14.2 Å². The summed E-state index contributed by atoms with van der Waals surface area (Å²) in [5.74, 6) is 2.11. The first-order valence-electron chi connectivity index (χ1n) is 6.82. The van der Waals surface area contributed by atoms with E-state index in [1.165, 1.54) is 0 Å². The van der Waals surface area contributed by atoms with E-state index in [-0.39, 0.29) is 0 Å². The minimum Gasteiger partial charge on any atom is -0.493 e. The summed E-state index contributed by atoms with van der Waals surface area (Å²) in [7, 11) is 3.27. The van der Waals surface area contributed by atoms with Gasteiger partial charge in [0.1, 0.15) is 0 Å². The SMILES string of the molecule is CCN(CC)CCCOc1c(OC)cccc1OC. The quantitative estimate of drug-likeness (QED) is 0.644. The van der Waals surface area contributed by atoms with Crippen LogP contribution in [0.4, 0.5) is 0 Å². The van der Waals surface area contributed by atoms with E-state index in [4.69, 9.17) is 14.2 Å². The molecule has 0 saturated carbocycles. The average molecular weight is 267 g/mol. The molecule has 0 spiro atoms. The van der Waals surface area contributed by atoms with Crippen LogP contribution in [0.2, 0.25) is 0 Å². The van der Waals surface area contributed by atoms with Gasteiger partial charge in [0, 0.05) is 6.54 Å². The van der Waals surface area contributed by atoms with Crippen molar-refractivity contribution in [2.45, 2.75) is 20.3 Å². The molecule has 108 valence electrons. The minimum absolute atomic E-state index is 0.660. The van der Waals surface area contributed by atoms with Gasteiger partial charge in [-0.2, -0.15) is 0 Å². The van der Waals surface area contributed by atoms with Crippen LogP contribution in [0.25, 0.3) is 0 Å². The number of benzene rings is 1. The summed E-state index contributed by atoms with van der Waals surface area (Å²) in [5, 5.41) is 0. The summed E-state index contributed by atoms with van der Waals surface area (Å²) >= 11 is 0. The molecule has 0 aliphatic carbocycles. The molecular weight excluding hydrogens is 242 g/mol. The van der Waals surface area contributed by atoms with Crippen molar-refractivity contribution in [2.75, 3.05) is 40.5 Å². The van der Waals surface area contributed by atoms with Gasteiger partial charge in [0.25, 0.3) is 0 Å². The molecule has 1 aromatic carbocycles. The summed E-state index contributed by atoms with van der Waals surface area (Å²) in [4.78, 5) is 2.38. The number of rotatable bonds is 9. The number of hydrogen-bond acceptors (Lipinski definition) is 4. The number of hydrogen-bond donors (Lipinski definition) is 0. The second kappa shape index (κ2) is 8.64. The summed E-state index contributed by atoms with van der Waals surface area (Å²) in [6, 6.07) is 5.64. The monoisotopic (exact) mass is 267 g/mol. The molecule has 0 radical (unpaired) electrons. The number of methoxy groups -OCH3 is 2. The highest BCUT2D eigenvalue weighted by Gasteiger charge is 2.10. The fourth-order valence-electron chi connectivity index (χ4n) is 1.96. The fourth-order valence-corrected chi connectivity index (χ4v) is 1.96. The number of nitrogens with zero attached hydrogens (tertiary/aromatic N) is 1. The lowest BCUT2D eigenvalue weighted by atomic mass is 10.3. The summed E-state index contributed by atoms with van der Waals surface area (Å²) in [6.07, 6.45) is 0.989. The molecule has 0 atom stereocenters. The van der Waals surface area contributed by atoms with Gasteiger partial charge in [0.05, 0.1) is 20.8 Å². The third-order valence-corrected chi connectivity index (χ3v) is 3.14. The van der Waals surface area contributed by atoms with E-state index in [1.54, 1.807) is 14.2 Å². The van der Waals surface area contributed by atoms with Gasteiger partial charge < -0.3 is 19.1 Å². The van der Waals surface area contributed by atoms with Crippen molar-refractivity contribution in [3.63, 3.8) is 0 Å². The van der Waals surface area contributed by atoms with Crippen molar-refractivity contribution >= 4 is 0 Å². The van der Waals surface area contributed by atoms with E-state index < -0.39 is 0 Å². The molecule has 0 amide bonds. The molecule has 1 rings (SSSR count). The third-order valence-electron chi connectivity index (χ3n) is 3.14. The molecule has 4 heteroatoms. The van der Waals surface area contributed by atoms with Crippen LogP contribution in [-0.4, -0.2) is 45.4 Å². The number of para-hydroxylation sites is 1. The van der Waals surface area contributed by atoms with Crippen LogP contribution in [0.15, 0.2) is 18.2 Å². The van der Waals surface area contributed by atoms with Crippen molar-refractivity contribution < 1.29 is 14.2 Å². The van der Waals surface area contributed by atoms with E-state index in [1.807, 2.05) is 18.2 Å². The smallest absolute Gasteiger partial charge is 0.203 e. The lowest BCUT2D eigenvalue weighted by Crippen LogP contribution is -2.25. The van der Waals surface area contributed by atoms with Crippen LogP contribution in [0.1, 0.15) is 20.3 Å². The Morgan fingerprint density at radius 1 is 1.00 bits per heavy atom. The average Bonchev–Trinajstić information content (AvgIpc) is 2.47. The topological polar surface area (TPSA) is 30.9 Å². The molecule has 0 aromatic heterocycles. The largest absolute Gasteiger partial charge is 0.493 e. The van der Waals surface area contributed by atoms with Crippen molar-refractivity contribution in [2.24, 2.45) is 0 Å². The normalized spacial score (nSPS) is 10.6. The molecule has 1 aromatic rings. The van der Waals surface area contributed by atoms with Crippen molar-refractivity contribution in [3.05, 3.63) is 18.2 Å². The van der Waals surface area contributed by atoms with Crippen molar-refractivity contribution in [1.82, 2.24) is 4.90 Å². The Balaban J connectivity index is 2.52. The van der Waals surface area contributed by atoms with Gasteiger partial charge in [-0.1, -0.05) is 19.9 Å². The molecule has 0 heterocycles. The zero-order valence-electron chi connectivity index (χ0n) is 12.4. The van der Waals surface area contributed by atoms with Gasteiger partial charge >= 0.3 is 0 Å². The van der Waals surface area contributed by atoms with Crippen LogP contribution in [-0.2, 0) is 0 Å². The molecular formula is C15H25NO3. The zero-order chi connectivity index (χ0) is 14.1. The maximum absolute atomic E-state index is 5.81. The Morgan fingerprint density at radius 3 is 2.05 bits per heavy atom. The van der Waals surface area contributed by atoms with Gasteiger partial charge in [0.2, 0.25) is 5.75 Å². The van der Waals surface area contributed by atoms with Crippen molar-refractivity contribution in [3.8, 4) is 17.2 Å². The summed E-state index contributed by atoms with van der Waals surface area (Å²) in [5.41, 5.74) is 0. The standard InChI is InChI=1S/C15H25NO3/c1-5-16(6-2)11-8-12-19-15-13(17-3)9-7-10-14(15)18-4/h7,9-10H,5-6,8,11-12H2,1-4H3. The highest BCUT2D eigenvalue weighted by molar-refractivity contribution is 5.51. The summed E-state index contributed by atoms with van der Waals surface area (Å²) < 4.78 is 16.4. The molecule has 0 unspecified atom stereocenters. The Bertz CT molecular complexity index is 342. The van der Waals surface area contributed by atoms with E-state index in [2.05, 4.69) is 18.7 Å². The van der Waals surface area contributed by atoms with Gasteiger partial charge in [-0.3, -0.25) is 0 Å². The first-order valence-corrected chi connectivity index (χ1v) is 6.82. The molecule has 0 fully saturated rings. The lowest BCUT2D eigenvalue weighted by Gasteiger charge is -2.18. The first kappa shape index (κ1) is 15.6. The fraction of sp³-hybridized carbons (Fsp3) is 0.600. The maximum Gasteiger partial charge on any atom is 0.203 e. The predicted molar refractivity (Wildman–Crippen MR) is 77.4 cm³/mol. The molecule has 0 N–H and O–H groups in total. The van der Waals surface area contributed by atoms with E-state index in [0.717, 1.165) is 26.1 Å². The Hall–Kier alpha value is -1.42. The summed E-state index contributed by atoms with van der Waals surface area (Å²) in [6.45, 7) is 8.21. The maximum atomic E-state index is 5.81. The lowest BCUT2D eigenvalue weighted by molar-refractivity contribution is 0.235. The molecule has 4 nitrogen and oxygen atoms in total. The van der Waals surface area contributed by atoms with Gasteiger partial charge in [-0.05, 0) is 31.6 Å². The van der Waals surface area contributed by atoms with E-state index >= 15 is 0 Å². The second-order valence-electron chi connectivity index (χ2n) is 4.22. The van der Waals surface area contributed by atoms with Gasteiger partial charge in [0.15, 0.2) is 11.5 Å². The van der Waals surface area contributed by atoms with E-state index in [9.17, 15) is 0 Å². The van der Waals surface area contributed by atoms with Crippen molar-refractivity contribution in [1.29, 1.82) is 0 Å². The molecule has 0 aliphatic heterocycles. The third kappa shape index (κ3) is 4.63. The highest BCUT2D eigenvalue weighted by atomic mass is 16.5. The van der Waals surface area contributed by atoms with Crippen LogP contribution in [0, 0.1) is 0 Å². The van der Waals surface area contributed by atoms with Crippen LogP contribution in [0.3, 0.4) is 0 Å². The molecule has 0 bridgehead atoms.